The van der Waals surface area contributed by atoms with Gasteiger partial charge in [-0.05, 0) is 63.8 Å². The summed E-state index contributed by atoms with van der Waals surface area (Å²) in [6.45, 7) is 9.33. The maximum absolute atomic E-state index is 10.3. The number of nitrogens with zero attached hydrogens (tertiary/aromatic N) is 2. The van der Waals surface area contributed by atoms with E-state index in [1.807, 2.05) is 12.1 Å². The minimum Gasteiger partial charge on any atom is -0.491 e. The summed E-state index contributed by atoms with van der Waals surface area (Å²) in [5, 5.41) is 19.8. The quantitative estimate of drug-likeness (QED) is 0.779. The summed E-state index contributed by atoms with van der Waals surface area (Å²) in [6, 6.07) is 8.24. The molecule has 2 heterocycles. The van der Waals surface area contributed by atoms with Crippen molar-refractivity contribution in [3.05, 3.63) is 29.8 Å². The molecule has 146 valence electrons. The van der Waals surface area contributed by atoms with Crippen molar-refractivity contribution >= 4 is 0 Å². The first-order valence-corrected chi connectivity index (χ1v) is 9.98. The minimum atomic E-state index is -0.508. The van der Waals surface area contributed by atoms with Crippen molar-refractivity contribution < 1.29 is 14.9 Å². The maximum Gasteiger partial charge on any atom is 0.119 e. The summed E-state index contributed by atoms with van der Waals surface area (Å²) in [5.41, 5.74) is 1.53. The Labute approximate surface area is 157 Å². The van der Waals surface area contributed by atoms with E-state index in [1.54, 1.807) is 0 Å². The van der Waals surface area contributed by atoms with Crippen LogP contribution in [-0.2, 0) is 6.54 Å². The Morgan fingerprint density at radius 2 is 2.00 bits per heavy atom. The Kier molecular flexibility index (Phi) is 6.56. The molecule has 1 atom stereocenters. The average molecular weight is 363 g/mol. The molecule has 5 heteroatoms. The highest BCUT2D eigenvalue weighted by Gasteiger charge is 2.31. The van der Waals surface area contributed by atoms with E-state index in [-0.39, 0.29) is 11.6 Å². The summed E-state index contributed by atoms with van der Waals surface area (Å²) in [4.78, 5) is 4.73. The van der Waals surface area contributed by atoms with E-state index in [9.17, 15) is 10.2 Å². The van der Waals surface area contributed by atoms with Gasteiger partial charge in [0.25, 0.3) is 0 Å². The maximum atomic E-state index is 10.3. The van der Waals surface area contributed by atoms with Gasteiger partial charge in [0.05, 0.1) is 6.10 Å². The molecule has 0 aliphatic carbocycles. The number of hydrogen-bond acceptors (Lipinski definition) is 5. The van der Waals surface area contributed by atoms with Gasteiger partial charge in [-0.3, -0.25) is 4.90 Å². The van der Waals surface area contributed by atoms with Crippen LogP contribution < -0.4 is 4.74 Å². The van der Waals surface area contributed by atoms with Crippen LogP contribution in [0.3, 0.4) is 0 Å². The van der Waals surface area contributed by atoms with Crippen molar-refractivity contribution in [2.45, 2.75) is 63.8 Å². The minimum absolute atomic E-state index is 0.178. The van der Waals surface area contributed by atoms with Crippen LogP contribution in [0.25, 0.3) is 0 Å². The number of rotatable bonds is 7. The van der Waals surface area contributed by atoms with Gasteiger partial charge >= 0.3 is 0 Å². The Morgan fingerprint density at radius 3 is 2.69 bits per heavy atom. The molecule has 1 unspecified atom stereocenters. The van der Waals surface area contributed by atoms with Gasteiger partial charge in [-0.1, -0.05) is 12.1 Å². The van der Waals surface area contributed by atoms with Crippen LogP contribution in [0.1, 0.15) is 45.1 Å². The molecule has 0 aromatic heterocycles. The van der Waals surface area contributed by atoms with E-state index < -0.39 is 6.10 Å². The van der Waals surface area contributed by atoms with Crippen LogP contribution in [-0.4, -0.2) is 70.5 Å². The predicted molar refractivity (Wildman–Crippen MR) is 103 cm³/mol. The van der Waals surface area contributed by atoms with Crippen molar-refractivity contribution in [2.24, 2.45) is 0 Å². The van der Waals surface area contributed by atoms with Gasteiger partial charge < -0.3 is 19.8 Å². The zero-order chi connectivity index (χ0) is 18.6. The standard InChI is InChI=1S/C21H34N2O3/c1-21(2)9-4-10-23(21)14-17-5-3-6-20(13-17)26-16-19(25)15-22-11-7-18(24)8-12-22/h3,5-6,13,18-19,24-25H,4,7-12,14-16H2,1-2H3. The van der Waals surface area contributed by atoms with Gasteiger partial charge in [-0.2, -0.15) is 0 Å². The van der Waals surface area contributed by atoms with Crippen molar-refractivity contribution in [3.8, 4) is 5.75 Å². The summed E-state index contributed by atoms with van der Waals surface area (Å²) < 4.78 is 5.84. The number of benzene rings is 1. The molecule has 2 fully saturated rings. The van der Waals surface area contributed by atoms with Crippen LogP contribution >= 0.6 is 0 Å². The Morgan fingerprint density at radius 1 is 1.23 bits per heavy atom. The number of likely N-dealkylation sites (tertiary alicyclic amines) is 2. The summed E-state index contributed by atoms with van der Waals surface area (Å²) in [7, 11) is 0. The first-order valence-electron chi connectivity index (χ1n) is 9.98. The second-order valence-electron chi connectivity index (χ2n) is 8.48. The smallest absolute Gasteiger partial charge is 0.119 e. The largest absolute Gasteiger partial charge is 0.491 e. The number of ether oxygens (including phenoxy) is 1. The molecule has 26 heavy (non-hydrogen) atoms. The lowest BCUT2D eigenvalue weighted by atomic mass is 10.0. The fourth-order valence-corrected chi connectivity index (χ4v) is 4.06. The molecule has 5 nitrogen and oxygen atoms in total. The zero-order valence-electron chi connectivity index (χ0n) is 16.2. The number of aliphatic hydroxyl groups is 2. The van der Waals surface area contributed by atoms with Gasteiger partial charge in [-0.25, -0.2) is 0 Å². The third-order valence-corrected chi connectivity index (χ3v) is 5.81. The molecule has 0 amide bonds. The number of hydrogen-bond donors (Lipinski definition) is 2. The third-order valence-electron chi connectivity index (χ3n) is 5.81. The van der Waals surface area contributed by atoms with Gasteiger partial charge in [0.1, 0.15) is 18.5 Å². The first-order chi connectivity index (χ1) is 12.4. The molecule has 3 rings (SSSR count). The van der Waals surface area contributed by atoms with Crippen LogP contribution in [0.15, 0.2) is 24.3 Å². The first kappa shape index (κ1) is 19.6. The van der Waals surface area contributed by atoms with Crippen molar-refractivity contribution in [1.82, 2.24) is 9.80 Å². The average Bonchev–Trinajstić information content (AvgIpc) is 2.94. The second-order valence-corrected chi connectivity index (χ2v) is 8.48. The molecule has 0 bridgehead atoms. The normalized spacial score (nSPS) is 23.2. The Hall–Kier alpha value is -1.14. The van der Waals surface area contributed by atoms with E-state index in [4.69, 9.17) is 4.74 Å². The Balaban J connectivity index is 1.46. The fourth-order valence-electron chi connectivity index (χ4n) is 4.06. The van der Waals surface area contributed by atoms with Crippen molar-refractivity contribution in [3.63, 3.8) is 0 Å². The van der Waals surface area contributed by atoms with Gasteiger partial charge in [0.15, 0.2) is 0 Å². The highest BCUT2D eigenvalue weighted by atomic mass is 16.5. The van der Waals surface area contributed by atoms with E-state index in [1.165, 1.54) is 18.4 Å². The number of aliphatic hydroxyl groups excluding tert-OH is 2. The molecule has 1 aromatic carbocycles. The van der Waals surface area contributed by atoms with Gasteiger partial charge in [0.2, 0.25) is 0 Å². The monoisotopic (exact) mass is 362 g/mol. The zero-order valence-corrected chi connectivity index (χ0v) is 16.2. The molecule has 2 aliphatic rings. The highest BCUT2D eigenvalue weighted by molar-refractivity contribution is 5.28. The second kappa shape index (κ2) is 8.70. The molecular weight excluding hydrogens is 328 g/mol. The summed E-state index contributed by atoms with van der Waals surface area (Å²) in [5.74, 6) is 0.826. The lowest BCUT2D eigenvalue weighted by Gasteiger charge is -2.31. The summed E-state index contributed by atoms with van der Waals surface area (Å²) >= 11 is 0. The molecule has 2 saturated heterocycles. The topological polar surface area (TPSA) is 56.2 Å². The molecule has 2 N–H and O–H groups in total. The predicted octanol–water partition coefficient (Wildman–Crippen LogP) is 2.26. The highest BCUT2D eigenvalue weighted by Crippen LogP contribution is 2.30. The van der Waals surface area contributed by atoms with E-state index in [2.05, 4.69) is 35.8 Å². The van der Waals surface area contributed by atoms with Gasteiger partial charge in [0, 0.05) is 31.7 Å². The summed E-state index contributed by atoms with van der Waals surface area (Å²) in [6.07, 6.45) is 3.42. The molecule has 0 radical (unpaired) electrons. The number of β-amino-alcohol motifs (C(OH)–C–C–N with tert-alkyl or cyclic N) is 1. The fraction of sp³-hybridized carbons (Fsp3) is 0.714. The van der Waals surface area contributed by atoms with E-state index >= 15 is 0 Å². The molecule has 1 aromatic rings. The lowest BCUT2D eigenvalue weighted by molar-refractivity contribution is 0.0337. The van der Waals surface area contributed by atoms with Crippen LogP contribution in [0.2, 0.25) is 0 Å². The van der Waals surface area contributed by atoms with Crippen molar-refractivity contribution in [1.29, 1.82) is 0 Å². The van der Waals surface area contributed by atoms with E-state index in [0.717, 1.165) is 44.8 Å². The molecule has 2 aliphatic heterocycles. The van der Waals surface area contributed by atoms with Crippen LogP contribution in [0.5, 0.6) is 5.75 Å². The SMILES string of the molecule is CC1(C)CCCN1Cc1cccc(OCC(O)CN2CCC(O)CC2)c1. The molecular formula is C21H34N2O3. The van der Waals surface area contributed by atoms with Gasteiger partial charge in [-0.15, -0.1) is 0 Å². The van der Waals surface area contributed by atoms with Crippen molar-refractivity contribution in [2.75, 3.05) is 32.8 Å². The number of piperidine rings is 1. The third kappa shape index (κ3) is 5.43. The Bertz CT molecular complexity index is 570. The van der Waals surface area contributed by atoms with E-state index in [0.29, 0.717) is 13.2 Å². The van der Waals surface area contributed by atoms with Crippen LogP contribution in [0, 0.1) is 0 Å². The molecule has 0 spiro atoms. The lowest BCUT2D eigenvalue weighted by Crippen LogP contribution is -2.41. The molecule has 0 saturated carbocycles. The van der Waals surface area contributed by atoms with Crippen LogP contribution in [0.4, 0.5) is 0 Å².